The van der Waals surface area contributed by atoms with Crippen LogP contribution in [0.25, 0.3) is 16.8 Å². The number of H-pyrrole nitrogens is 1. The van der Waals surface area contributed by atoms with Crippen LogP contribution in [-0.4, -0.2) is 51.2 Å². The maximum Gasteiger partial charge on any atom is 0.274 e. The summed E-state index contributed by atoms with van der Waals surface area (Å²) < 4.78 is 15.2. The highest BCUT2D eigenvalue weighted by atomic mass is 19.1. The molecule has 1 aliphatic heterocycles. The molecule has 0 bridgehead atoms. The molecule has 0 saturated carbocycles. The Morgan fingerprint density at radius 1 is 1.17 bits per heavy atom. The minimum Gasteiger partial charge on any atom is -0.343 e. The normalized spacial score (nSPS) is 17.1. The zero-order valence-corrected chi connectivity index (χ0v) is 19.8. The highest BCUT2D eigenvalue weighted by Crippen LogP contribution is 2.21. The lowest BCUT2D eigenvalue weighted by Gasteiger charge is -2.24. The Bertz CT molecular complexity index is 1430. The lowest BCUT2D eigenvalue weighted by Crippen LogP contribution is -2.37. The molecule has 7 nitrogen and oxygen atoms in total. The van der Waals surface area contributed by atoms with Gasteiger partial charge >= 0.3 is 0 Å². The van der Waals surface area contributed by atoms with Crippen LogP contribution in [-0.2, 0) is 0 Å². The number of likely N-dealkylation sites (tertiary alicyclic amines) is 1. The Kier molecular flexibility index (Phi) is 6.21. The largest absolute Gasteiger partial charge is 0.343 e. The number of halogens is 1. The molecule has 8 heteroatoms. The molecule has 1 amide bonds. The number of carbonyl (C=O) groups excluding carboxylic acids is 1. The zero-order valence-electron chi connectivity index (χ0n) is 19.8. The molecule has 3 heterocycles. The number of benzene rings is 2. The topological polar surface area (TPSA) is 82.5 Å². The van der Waals surface area contributed by atoms with Crippen molar-refractivity contribution in [2.75, 3.05) is 19.6 Å². The van der Waals surface area contributed by atoms with Crippen molar-refractivity contribution in [3.63, 3.8) is 0 Å². The average molecular weight is 474 g/mol. The average Bonchev–Trinajstić information content (AvgIpc) is 3.47. The summed E-state index contributed by atoms with van der Waals surface area (Å²) in [6.07, 6.45) is 1.39. The van der Waals surface area contributed by atoms with Crippen LogP contribution in [0, 0.1) is 13.8 Å². The first-order valence-corrected chi connectivity index (χ1v) is 11.8. The molecule has 1 fully saturated rings. The van der Waals surface area contributed by atoms with E-state index < -0.39 is 6.17 Å². The van der Waals surface area contributed by atoms with Crippen LogP contribution >= 0.6 is 0 Å². The molecule has 2 N–H and O–H groups in total. The number of carbonyl (C=O) groups is 1. The van der Waals surface area contributed by atoms with Crippen LogP contribution in [0.2, 0.25) is 0 Å². The van der Waals surface area contributed by atoms with E-state index in [4.69, 9.17) is 0 Å². The van der Waals surface area contributed by atoms with Gasteiger partial charge in [-0.05, 0) is 48.6 Å². The summed E-state index contributed by atoms with van der Waals surface area (Å²) in [5, 5.41) is 7.44. The molecular weight excluding hydrogens is 445 g/mol. The van der Waals surface area contributed by atoms with Gasteiger partial charge in [0.1, 0.15) is 11.7 Å². The van der Waals surface area contributed by atoms with Crippen LogP contribution in [0.1, 0.15) is 39.6 Å². The third-order valence-electron chi connectivity index (χ3n) is 6.68. The number of hydrogen-bond acceptors (Lipinski definition) is 4. The van der Waals surface area contributed by atoms with E-state index in [-0.39, 0.29) is 23.2 Å². The quantitative estimate of drug-likeness (QED) is 0.446. The molecule has 1 aliphatic rings. The predicted octanol–water partition coefficient (Wildman–Crippen LogP) is 3.82. The fourth-order valence-corrected chi connectivity index (χ4v) is 4.53. The summed E-state index contributed by atoms with van der Waals surface area (Å²) in [7, 11) is 0. The number of rotatable bonds is 6. The third kappa shape index (κ3) is 4.88. The number of aryl methyl sites for hydroxylation is 2. The van der Waals surface area contributed by atoms with Gasteiger partial charge in [-0.2, -0.15) is 5.10 Å². The number of aromatic amines is 1. The van der Waals surface area contributed by atoms with Gasteiger partial charge in [-0.25, -0.2) is 8.91 Å². The fourth-order valence-electron chi connectivity index (χ4n) is 4.53. The van der Waals surface area contributed by atoms with Gasteiger partial charge in [0.2, 0.25) is 0 Å². The van der Waals surface area contributed by atoms with Gasteiger partial charge in [0.25, 0.3) is 11.5 Å². The second-order valence-electron chi connectivity index (χ2n) is 9.24. The van der Waals surface area contributed by atoms with Crippen LogP contribution in [0.3, 0.4) is 0 Å². The van der Waals surface area contributed by atoms with E-state index in [1.54, 1.807) is 6.20 Å². The Hall–Kier alpha value is -3.78. The van der Waals surface area contributed by atoms with E-state index in [9.17, 15) is 14.0 Å². The smallest absolute Gasteiger partial charge is 0.274 e. The molecule has 0 radical (unpaired) electrons. The van der Waals surface area contributed by atoms with Gasteiger partial charge in [-0.3, -0.25) is 14.5 Å². The first kappa shape index (κ1) is 23.0. The van der Waals surface area contributed by atoms with E-state index in [1.807, 2.05) is 67.3 Å². The van der Waals surface area contributed by atoms with Gasteiger partial charge in [0.05, 0.1) is 17.9 Å². The summed E-state index contributed by atoms with van der Waals surface area (Å²) in [6, 6.07) is 16.7. The number of alkyl halides is 1. The van der Waals surface area contributed by atoms with Crippen molar-refractivity contribution in [2.45, 2.75) is 32.5 Å². The van der Waals surface area contributed by atoms with Crippen molar-refractivity contribution in [2.24, 2.45) is 0 Å². The minimum atomic E-state index is -0.834. The molecular formula is C27H28FN5O2. The van der Waals surface area contributed by atoms with Crippen LogP contribution in [0.5, 0.6) is 0 Å². The van der Waals surface area contributed by atoms with Crippen molar-refractivity contribution in [3.8, 4) is 11.3 Å². The van der Waals surface area contributed by atoms with E-state index >= 15 is 0 Å². The van der Waals surface area contributed by atoms with Gasteiger partial charge < -0.3 is 10.3 Å². The van der Waals surface area contributed by atoms with Crippen molar-refractivity contribution in [1.82, 2.24) is 24.8 Å². The van der Waals surface area contributed by atoms with E-state index in [2.05, 4.69) is 15.4 Å². The van der Waals surface area contributed by atoms with Crippen LogP contribution in [0.4, 0.5) is 4.39 Å². The molecule has 1 saturated heterocycles. The second-order valence-corrected chi connectivity index (χ2v) is 9.24. The fraction of sp³-hybridized carbons (Fsp3) is 0.296. The second kappa shape index (κ2) is 9.46. The minimum absolute atomic E-state index is 0.151. The van der Waals surface area contributed by atoms with Crippen molar-refractivity contribution >= 4 is 11.4 Å². The molecule has 180 valence electrons. The van der Waals surface area contributed by atoms with Crippen molar-refractivity contribution in [3.05, 3.63) is 93.5 Å². The number of amides is 1. The Balaban J connectivity index is 1.42. The van der Waals surface area contributed by atoms with Crippen LogP contribution in [0.15, 0.2) is 65.6 Å². The number of nitrogens with one attached hydrogen (secondary N) is 2. The molecule has 2 aromatic heterocycles. The summed E-state index contributed by atoms with van der Waals surface area (Å²) in [5.41, 5.74) is 4.83. The lowest BCUT2D eigenvalue weighted by molar-refractivity contribution is 0.0921. The number of nitrogens with zero attached hydrogens (tertiary/aromatic N) is 3. The summed E-state index contributed by atoms with van der Waals surface area (Å²) in [4.78, 5) is 30.9. The maximum atomic E-state index is 13.7. The molecule has 5 rings (SSSR count). The zero-order chi connectivity index (χ0) is 24.5. The van der Waals surface area contributed by atoms with Gasteiger partial charge in [-0.1, -0.05) is 42.5 Å². The molecule has 35 heavy (non-hydrogen) atoms. The Morgan fingerprint density at radius 2 is 1.97 bits per heavy atom. The maximum absolute atomic E-state index is 13.7. The summed E-state index contributed by atoms with van der Waals surface area (Å²) in [6.45, 7) is 5.58. The van der Waals surface area contributed by atoms with Crippen molar-refractivity contribution in [1.29, 1.82) is 0 Å². The van der Waals surface area contributed by atoms with E-state index in [1.165, 1.54) is 16.1 Å². The molecule has 0 spiro atoms. The Morgan fingerprint density at radius 3 is 2.69 bits per heavy atom. The summed E-state index contributed by atoms with van der Waals surface area (Å²) >= 11 is 0. The monoisotopic (exact) mass is 473 g/mol. The van der Waals surface area contributed by atoms with Gasteiger partial charge in [0.15, 0.2) is 5.69 Å². The number of hydrogen-bond donors (Lipinski definition) is 2. The first-order valence-electron chi connectivity index (χ1n) is 11.8. The first-order chi connectivity index (χ1) is 16.9. The highest BCUT2D eigenvalue weighted by Gasteiger charge is 2.26. The summed E-state index contributed by atoms with van der Waals surface area (Å²) in [5.74, 6) is -0.384. The highest BCUT2D eigenvalue weighted by molar-refractivity contribution is 5.93. The molecule has 2 aromatic carbocycles. The van der Waals surface area contributed by atoms with Gasteiger partial charge in [-0.15, -0.1) is 0 Å². The van der Waals surface area contributed by atoms with Crippen molar-refractivity contribution < 1.29 is 9.18 Å². The Labute approximate surface area is 202 Å². The lowest BCUT2D eigenvalue weighted by atomic mass is 10.0. The van der Waals surface area contributed by atoms with E-state index in [0.717, 1.165) is 16.7 Å². The predicted molar refractivity (Wildman–Crippen MR) is 133 cm³/mol. The van der Waals surface area contributed by atoms with Crippen LogP contribution < -0.4 is 10.9 Å². The SMILES string of the molecule is Cc1ccc(-c2cn3nc(C(=O)N[C@H](CN4CC[C@H](F)C4)c4ccccc4)cc3c(=O)[nH]2)cc1C. The molecule has 0 unspecified atom stereocenters. The molecule has 4 aromatic rings. The third-order valence-corrected chi connectivity index (χ3v) is 6.68. The molecule has 2 atom stereocenters. The number of aromatic nitrogens is 3. The standard InChI is InChI=1S/C27H28FN5O2/c1-17-8-9-20(12-18(17)2)24-16-33-25(27(35)30-24)13-22(31-33)26(34)29-23(19-6-4-3-5-7-19)15-32-11-10-21(28)14-32/h3-9,12-13,16,21,23H,10-11,14-15H2,1-2H3,(H,29,34)(H,30,35)/t21-,23+/m0/s1. The number of fused-ring (bicyclic) bond motifs is 1. The van der Waals surface area contributed by atoms with E-state index in [0.29, 0.717) is 37.3 Å². The van der Waals surface area contributed by atoms with Gasteiger partial charge in [0, 0.05) is 25.7 Å². The molecule has 0 aliphatic carbocycles.